The summed E-state index contributed by atoms with van der Waals surface area (Å²) in [6.07, 6.45) is 0.831. The maximum atomic E-state index is 11.7. The minimum Gasteiger partial charge on any atom is -0.459 e. The highest BCUT2D eigenvalue weighted by atomic mass is 79.9. The molecule has 0 saturated carbocycles. The van der Waals surface area contributed by atoms with Gasteiger partial charge in [0.05, 0.1) is 13.2 Å². The first-order valence-corrected chi connectivity index (χ1v) is 7.79. The van der Waals surface area contributed by atoms with Crippen LogP contribution in [0.3, 0.4) is 0 Å². The number of carbonyl (C=O) groups is 1. The number of primary sulfonamides is 1. The number of hydrogen-bond acceptors (Lipinski definition) is 6. The van der Waals surface area contributed by atoms with Crippen molar-refractivity contribution >= 4 is 31.9 Å². The number of hydrogen-bond donors (Lipinski definition) is 1. The van der Waals surface area contributed by atoms with Crippen LogP contribution in [0.15, 0.2) is 20.0 Å². The van der Waals surface area contributed by atoms with Gasteiger partial charge >= 0.3 is 5.97 Å². The Morgan fingerprint density at radius 2 is 2.32 bits per heavy atom. The summed E-state index contributed by atoms with van der Waals surface area (Å²) in [5.74, 6) is -0.780. The number of rotatable bonds is 4. The molecule has 1 aliphatic heterocycles. The molecular formula is C10H12BrNO6S. The lowest BCUT2D eigenvalue weighted by Crippen LogP contribution is -2.14. The SMILES string of the molecule is NS(=O)(=O)c1cc(C(=O)OCC2CCOC2)oc1Br. The Hall–Kier alpha value is -0.900. The van der Waals surface area contributed by atoms with Crippen LogP contribution in [0.5, 0.6) is 0 Å². The zero-order valence-electron chi connectivity index (χ0n) is 9.80. The highest BCUT2D eigenvalue weighted by molar-refractivity contribution is 9.10. The quantitative estimate of drug-likeness (QED) is 0.804. The molecule has 0 bridgehead atoms. The Morgan fingerprint density at radius 1 is 1.58 bits per heavy atom. The largest absolute Gasteiger partial charge is 0.459 e. The number of nitrogens with two attached hydrogens (primary N) is 1. The molecule has 0 amide bonds. The van der Waals surface area contributed by atoms with Gasteiger partial charge in [0.2, 0.25) is 15.8 Å². The Balaban J connectivity index is 2.03. The maximum absolute atomic E-state index is 11.7. The second-order valence-electron chi connectivity index (χ2n) is 4.12. The lowest BCUT2D eigenvalue weighted by Gasteiger charge is -2.07. The van der Waals surface area contributed by atoms with E-state index in [0.717, 1.165) is 12.5 Å². The number of carbonyl (C=O) groups excluding carboxylic acids is 1. The van der Waals surface area contributed by atoms with Crippen LogP contribution < -0.4 is 5.14 Å². The van der Waals surface area contributed by atoms with Crippen LogP contribution in [0.25, 0.3) is 0 Å². The molecule has 1 aliphatic rings. The van der Waals surface area contributed by atoms with Crippen molar-refractivity contribution in [1.82, 2.24) is 0 Å². The van der Waals surface area contributed by atoms with Crippen LogP contribution in [-0.4, -0.2) is 34.2 Å². The molecule has 19 heavy (non-hydrogen) atoms. The van der Waals surface area contributed by atoms with Crippen molar-refractivity contribution in [2.24, 2.45) is 11.1 Å². The molecule has 0 spiro atoms. The molecule has 2 heterocycles. The normalized spacial score (nSPS) is 19.6. The van der Waals surface area contributed by atoms with Crippen LogP contribution in [0.2, 0.25) is 0 Å². The van der Waals surface area contributed by atoms with Crippen molar-refractivity contribution in [1.29, 1.82) is 0 Å². The van der Waals surface area contributed by atoms with Crippen molar-refractivity contribution in [3.05, 3.63) is 16.5 Å². The molecule has 0 aromatic carbocycles. The van der Waals surface area contributed by atoms with Gasteiger partial charge in [-0.2, -0.15) is 0 Å². The van der Waals surface area contributed by atoms with E-state index in [1.165, 1.54) is 0 Å². The molecule has 9 heteroatoms. The third-order valence-electron chi connectivity index (χ3n) is 2.64. The Bertz CT molecular complexity index is 575. The van der Waals surface area contributed by atoms with Gasteiger partial charge in [0.25, 0.3) is 0 Å². The fraction of sp³-hybridized carbons (Fsp3) is 0.500. The summed E-state index contributed by atoms with van der Waals surface area (Å²) in [5.41, 5.74) is 0. The van der Waals surface area contributed by atoms with Crippen molar-refractivity contribution in [2.75, 3.05) is 19.8 Å². The maximum Gasteiger partial charge on any atom is 0.374 e. The fourth-order valence-electron chi connectivity index (χ4n) is 1.63. The highest BCUT2D eigenvalue weighted by Gasteiger charge is 2.24. The Kier molecular flexibility index (Phi) is 4.29. The second kappa shape index (κ2) is 5.61. The average Bonchev–Trinajstić information content (AvgIpc) is 2.93. The van der Waals surface area contributed by atoms with Crippen LogP contribution in [0, 0.1) is 5.92 Å². The summed E-state index contributed by atoms with van der Waals surface area (Å²) in [4.78, 5) is 11.4. The fourth-order valence-corrected chi connectivity index (χ4v) is 3.13. The van der Waals surface area contributed by atoms with E-state index in [0.29, 0.717) is 13.2 Å². The molecule has 2 N–H and O–H groups in total. The van der Waals surface area contributed by atoms with Gasteiger partial charge in [-0.3, -0.25) is 0 Å². The molecule has 1 atom stereocenters. The lowest BCUT2D eigenvalue weighted by atomic mass is 10.1. The van der Waals surface area contributed by atoms with E-state index in [1.807, 2.05) is 0 Å². The molecule has 1 aromatic heterocycles. The molecule has 1 saturated heterocycles. The monoisotopic (exact) mass is 353 g/mol. The third-order valence-corrected chi connectivity index (χ3v) is 4.41. The van der Waals surface area contributed by atoms with Crippen molar-refractivity contribution < 1.29 is 27.1 Å². The molecule has 106 valence electrons. The van der Waals surface area contributed by atoms with Crippen molar-refractivity contribution in [3.8, 4) is 0 Å². The van der Waals surface area contributed by atoms with E-state index < -0.39 is 16.0 Å². The van der Waals surface area contributed by atoms with E-state index >= 15 is 0 Å². The summed E-state index contributed by atoms with van der Waals surface area (Å²) in [5, 5.41) is 4.96. The first kappa shape index (κ1) is 14.5. The molecular weight excluding hydrogens is 342 g/mol. The van der Waals surface area contributed by atoms with E-state index in [-0.39, 0.29) is 27.9 Å². The van der Waals surface area contributed by atoms with Crippen LogP contribution in [0.4, 0.5) is 0 Å². The molecule has 7 nitrogen and oxygen atoms in total. The van der Waals surface area contributed by atoms with Crippen LogP contribution in [-0.2, 0) is 19.5 Å². The van der Waals surface area contributed by atoms with Crippen molar-refractivity contribution in [2.45, 2.75) is 11.3 Å². The zero-order chi connectivity index (χ0) is 14.0. The minimum atomic E-state index is -3.95. The topological polar surface area (TPSA) is 109 Å². The number of halogens is 1. The van der Waals surface area contributed by atoms with Gasteiger partial charge in [0.15, 0.2) is 4.67 Å². The smallest absolute Gasteiger partial charge is 0.374 e. The predicted molar refractivity (Wildman–Crippen MR) is 67.0 cm³/mol. The van der Waals surface area contributed by atoms with Gasteiger partial charge in [0, 0.05) is 18.6 Å². The van der Waals surface area contributed by atoms with Crippen molar-refractivity contribution in [3.63, 3.8) is 0 Å². The summed E-state index contributed by atoms with van der Waals surface area (Å²) < 4.78 is 37.4. The first-order chi connectivity index (χ1) is 8.88. The summed E-state index contributed by atoms with van der Waals surface area (Å²) in [7, 11) is -3.95. The van der Waals surface area contributed by atoms with Gasteiger partial charge in [-0.15, -0.1) is 0 Å². The molecule has 0 aliphatic carbocycles. The summed E-state index contributed by atoms with van der Waals surface area (Å²) in [6, 6.07) is 1.03. The Labute approximate surface area is 118 Å². The predicted octanol–water partition coefficient (Wildman–Crippen LogP) is 0.883. The molecule has 1 unspecified atom stereocenters. The standard InChI is InChI=1S/C10H12BrNO6S/c11-9-8(19(12,14)15)3-7(18-9)10(13)17-5-6-1-2-16-4-6/h3,6H,1-2,4-5H2,(H2,12,14,15). The van der Waals surface area contributed by atoms with Gasteiger partial charge in [0.1, 0.15) is 4.90 Å². The van der Waals surface area contributed by atoms with Gasteiger partial charge in [-0.1, -0.05) is 0 Å². The molecule has 2 rings (SSSR count). The zero-order valence-corrected chi connectivity index (χ0v) is 12.2. The summed E-state index contributed by atoms with van der Waals surface area (Å²) in [6.45, 7) is 1.42. The summed E-state index contributed by atoms with van der Waals surface area (Å²) >= 11 is 2.88. The van der Waals surface area contributed by atoms with Crippen LogP contribution in [0.1, 0.15) is 17.0 Å². The number of furan rings is 1. The third kappa shape index (κ3) is 3.56. The van der Waals surface area contributed by atoms with Gasteiger partial charge in [-0.05, 0) is 22.4 Å². The number of ether oxygens (including phenoxy) is 2. The van der Waals surface area contributed by atoms with Gasteiger partial charge < -0.3 is 13.9 Å². The van der Waals surface area contributed by atoms with Crippen LogP contribution >= 0.6 is 15.9 Å². The van der Waals surface area contributed by atoms with E-state index in [1.54, 1.807) is 0 Å². The number of sulfonamides is 1. The number of esters is 1. The average molecular weight is 354 g/mol. The van der Waals surface area contributed by atoms with Gasteiger partial charge in [-0.25, -0.2) is 18.4 Å². The molecule has 1 aromatic rings. The van der Waals surface area contributed by atoms with E-state index in [2.05, 4.69) is 15.9 Å². The minimum absolute atomic E-state index is 0.119. The first-order valence-electron chi connectivity index (χ1n) is 5.45. The highest BCUT2D eigenvalue weighted by Crippen LogP contribution is 2.25. The Morgan fingerprint density at radius 3 is 2.84 bits per heavy atom. The van der Waals surface area contributed by atoms with E-state index in [9.17, 15) is 13.2 Å². The van der Waals surface area contributed by atoms with E-state index in [4.69, 9.17) is 19.0 Å². The molecule has 1 fully saturated rings. The molecule has 0 radical (unpaired) electrons. The second-order valence-corrected chi connectivity index (χ2v) is 6.37. The lowest BCUT2D eigenvalue weighted by molar-refractivity contribution is 0.0391.